The summed E-state index contributed by atoms with van der Waals surface area (Å²) in [5.74, 6) is -0.323. The van der Waals surface area contributed by atoms with E-state index in [1.165, 1.54) is 7.11 Å². The van der Waals surface area contributed by atoms with E-state index in [9.17, 15) is 9.59 Å². The van der Waals surface area contributed by atoms with E-state index < -0.39 is 17.7 Å². The first-order valence-corrected chi connectivity index (χ1v) is 7.12. The summed E-state index contributed by atoms with van der Waals surface area (Å²) in [7, 11) is 1.48. The van der Waals surface area contributed by atoms with E-state index in [0.717, 1.165) is 5.56 Å². The fourth-order valence-electron chi connectivity index (χ4n) is 1.78. The monoisotopic (exact) mass is 308 g/mol. The summed E-state index contributed by atoms with van der Waals surface area (Å²) in [6.07, 6.45) is -0.253. The van der Waals surface area contributed by atoms with E-state index in [2.05, 4.69) is 10.6 Å². The van der Waals surface area contributed by atoms with Crippen molar-refractivity contribution >= 4 is 12.0 Å². The molecule has 0 aliphatic heterocycles. The highest BCUT2D eigenvalue weighted by molar-refractivity contribution is 5.85. The molecule has 1 atom stereocenters. The van der Waals surface area contributed by atoms with Crippen molar-refractivity contribution in [1.82, 2.24) is 10.6 Å². The topological polar surface area (TPSA) is 76.7 Å². The molecule has 6 heteroatoms. The smallest absolute Gasteiger partial charge is 0.408 e. The van der Waals surface area contributed by atoms with E-state index in [-0.39, 0.29) is 12.6 Å². The van der Waals surface area contributed by atoms with Gasteiger partial charge in [-0.3, -0.25) is 4.79 Å². The Kier molecular flexibility index (Phi) is 6.85. The van der Waals surface area contributed by atoms with Crippen LogP contribution in [0, 0.1) is 0 Å². The van der Waals surface area contributed by atoms with Crippen LogP contribution in [-0.4, -0.2) is 37.5 Å². The van der Waals surface area contributed by atoms with E-state index in [1.54, 1.807) is 20.8 Å². The highest BCUT2D eigenvalue weighted by Gasteiger charge is 2.24. The quantitative estimate of drug-likeness (QED) is 0.786. The van der Waals surface area contributed by atoms with E-state index in [1.807, 2.05) is 30.3 Å². The second-order valence-electron chi connectivity index (χ2n) is 5.86. The molecular formula is C16H24N2O4. The molecular weight excluding hydrogens is 284 g/mol. The molecule has 2 N–H and O–H groups in total. The molecule has 6 nitrogen and oxygen atoms in total. The Balaban J connectivity index is 2.73. The van der Waals surface area contributed by atoms with Gasteiger partial charge in [-0.15, -0.1) is 0 Å². The number of amides is 2. The second-order valence-corrected chi connectivity index (χ2v) is 5.86. The zero-order valence-corrected chi connectivity index (χ0v) is 13.5. The number of carbonyl (C=O) groups is 2. The van der Waals surface area contributed by atoms with Crippen LogP contribution in [0.15, 0.2) is 30.3 Å². The van der Waals surface area contributed by atoms with Crippen LogP contribution < -0.4 is 10.6 Å². The Morgan fingerprint density at radius 2 is 1.82 bits per heavy atom. The predicted molar refractivity (Wildman–Crippen MR) is 83.3 cm³/mol. The fourth-order valence-corrected chi connectivity index (χ4v) is 1.78. The van der Waals surface area contributed by atoms with Gasteiger partial charge >= 0.3 is 6.09 Å². The molecule has 22 heavy (non-hydrogen) atoms. The summed E-state index contributed by atoms with van der Waals surface area (Å²) in [4.78, 5) is 24.0. The summed E-state index contributed by atoms with van der Waals surface area (Å²) in [5, 5.41) is 5.19. The lowest BCUT2D eigenvalue weighted by Gasteiger charge is -2.23. The lowest BCUT2D eigenvalue weighted by Crippen LogP contribution is -2.49. The molecule has 0 fully saturated rings. The van der Waals surface area contributed by atoms with Crippen LogP contribution in [0.2, 0.25) is 0 Å². The third-order valence-electron chi connectivity index (χ3n) is 2.68. The van der Waals surface area contributed by atoms with Gasteiger partial charge in [-0.25, -0.2) is 4.79 Å². The maximum Gasteiger partial charge on any atom is 0.408 e. The molecule has 1 rings (SSSR count). The zero-order chi connectivity index (χ0) is 16.6. The van der Waals surface area contributed by atoms with E-state index in [4.69, 9.17) is 9.47 Å². The number of rotatable bonds is 6. The van der Waals surface area contributed by atoms with Crippen molar-refractivity contribution in [2.24, 2.45) is 0 Å². The van der Waals surface area contributed by atoms with Crippen molar-refractivity contribution in [2.45, 2.75) is 38.8 Å². The van der Waals surface area contributed by atoms with Gasteiger partial charge in [0.1, 0.15) is 18.4 Å². The van der Waals surface area contributed by atoms with Gasteiger partial charge in [0.15, 0.2) is 0 Å². The normalized spacial score (nSPS) is 12.4. The molecule has 1 aromatic rings. The lowest BCUT2D eigenvalue weighted by atomic mass is 10.1. The lowest BCUT2D eigenvalue weighted by molar-refractivity contribution is -0.124. The minimum absolute atomic E-state index is 0.0835. The number of hydrogen-bond donors (Lipinski definition) is 2. The number of hydrogen-bond acceptors (Lipinski definition) is 4. The largest absolute Gasteiger partial charge is 0.444 e. The number of methoxy groups -OCH3 is 1. The maximum absolute atomic E-state index is 12.1. The molecule has 0 radical (unpaired) electrons. The Bertz CT molecular complexity index is 483. The number of benzene rings is 1. The molecule has 1 aromatic carbocycles. The molecule has 0 heterocycles. The summed E-state index contributed by atoms with van der Waals surface area (Å²) < 4.78 is 10.0. The molecule has 0 saturated carbocycles. The molecule has 0 bridgehead atoms. The number of alkyl carbamates (subject to hydrolysis) is 1. The highest BCUT2D eigenvalue weighted by atomic mass is 16.6. The van der Waals surface area contributed by atoms with Crippen LogP contribution in [0.3, 0.4) is 0 Å². The Morgan fingerprint density at radius 1 is 1.18 bits per heavy atom. The third kappa shape index (κ3) is 7.08. The average Bonchev–Trinajstić information content (AvgIpc) is 2.43. The van der Waals surface area contributed by atoms with Crippen LogP contribution in [0.25, 0.3) is 0 Å². The standard InChI is InChI=1S/C16H24N2O4/c1-16(2,3)22-15(20)18-13(14(19)17-11-21-4)10-12-8-6-5-7-9-12/h5-9,13H,10-11H2,1-4H3,(H,17,19)(H,18,20). The molecule has 122 valence electrons. The highest BCUT2D eigenvalue weighted by Crippen LogP contribution is 2.08. The first-order valence-electron chi connectivity index (χ1n) is 7.12. The van der Waals surface area contributed by atoms with Crippen LogP contribution in [0.4, 0.5) is 4.79 Å². The first kappa shape index (κ1) is 18.0. The third-order valence-corrected chi connectivity index (χ3v) is 2.68. The van der Waals surface area contributed by atoms with Crippen molar-refractivity contribution in [3.8, 4) is 0 Å². The molecule has 1 unspecified atom stereocenters. The summed E-state index contributed by atoms with van der Waals surface area (Å²) in [5.41, 5.74) is 0.320. The predicted octanol–water partition coefficient (Wildman–Crippen LogP) is 1.84. The summed E-state index contributed by atoms with van der Waals surface area (Å²) >= 11 is 0. The van der Waals surface area contributed by atoms with Gasteiger partial charge in [-0.05, 0) is 26.3 Å². The minimum atomic E-state index is -0.729. The van der Waals surface area contributed by atoms with Crippen LogP contribution >= 0.6 is 0 Å². The Labute approximate surface area is 131 Å². The fraction of sp³-hybridized carbons (Fsp3) is 0.500. The number of carbonyl (C=O) groups excluding carboxylic acids is 2. The number of nitrogens with one attached hydrogen (secondary N) is 2. The molecule has 0 aliphatic carbocycles. The summed E-state index contributed by atoms with van der Waals surface area (Å²) in [6, 6.07) is 8.72. The number of ether oxygens (including phenoxy) is 2. The van der Waals surface area contributed by atoms with E-state index >= 15 is 0 Å². The van der Waals surface area contributed by atoms with E-state index in [0.29, 0.717) is 6.42 Å². The van der Waals surface area contributed by atoms with Crippen molar-refractivity contribution in [3.05, 3.63) is 35.9 Å². The van der Waals surface area contributed by atoms with Gasteiger partial charge in [-0.1, -0.05) is 30.3 Å². The van der Waals surface area contributed by atoms with Gasteiger partial charge in [0, 0.05) is 13.5 Å². The van der Waals surface area contributed by atoms with Crippen molar-refractivity contribution in [2.75, 3.05) is 13.8 Å². The van der Waals surface area contributed by atoms with Gasteiger partial charge in [0.2, 0.25) is 5.91 Å². The van der Waals surface area contributed by atoms with Crippen molar-refractivity contribution in [1.29, 1.82) is 0 Å². The zero-order valence-electron chi connectivity index (χ0n) is 13.5. The Hall–Kier alpha value is -2.08. The van der Waals surface area contributed by atoms with Gasteiger partial charge in [-0.2, -0.15) is 0 Å². The molecule has 2 amide bonds. The van der Waals surface area contributed by atoms with Gasteiger partial charge in [0.25, 0.3) is 0 Å². The molecule has 0 spiro atoms. The van der Waals surface area contributed by atoms with Crippen molar-refractivity contribution in [3.63, 3.8) is 0 Å². The Morgan fingerprint density at radius 3 is 2.36 bits per heavy atom. The molecule has 0 aromatic heterocycles. The average molecular weight is 308 g/mol. The van der Waals surface area contributed by atoms with Crippen LogP contribution in [-0.2, 0) is 20.7 Å². The van der Waals surface area contributed by atoms with Crippen LogP contribution in [0.5, 0.6) is 0 Å². The first-order chi connectivity index (χ1) is 10.3. The van der Waals surface area contributed by atoms with Crippen molar-refractivity contribution < 1.29 is 19.1 Å². The maximum atomic E-state index is 12.1. The SMILES string of the molecule is COCNC(=O)C(Cc1ccccc1)NC(=O)OC(C)(C)C. The summed E-state index contributed by atoms with van der Waals surface area (Å²) in [6.45, 7) is 5.39. The van der Waals surface area contributed by atoms with Gasteiger partial charge in [0.05, 0.1) is 0 Å². The molecule has 0 aliphatic rings. The minimum Gasteiger partial charge on any atom is -0.444 e. The van der Waals surface area contributed by atoms with Gasteiger partial charge < -0.3 is 20.1 Å². The molecule has 0 saturated heterocycles. The van der Waals surface area contributed by atoms with Crippen LogP contribution in [0.1, 0.15) is 26.3 Å². The second kappa shape index (κ2) is 8.38.